The summed E-state index contributed by atoms with van der Waals surface area (Å²) in [5, 5.41) is 2.64. The molecule has 0 aliphatic carbocycles. The first kappa shape index (κ1) is 21.8. The minimum atomic E-state index is -3.94. The number of thiophene rings is 1. The van der Waals surface area contributed by atoms with Gasteiger partial charge in [-0.25, -0.2) is 13.2 Å². The summed E-state index contributed by atoms with van der Waals surface area (Å²) in [4.78, 5) is 24.9. The van der Waals surface area contributed by atoms with Crippen LogP contribution in [-0.2, 0) is 19.6 Å². The predicted molar refractivity (Wildman–Crippen MR) is 117 cm³/mol. The topological polar surface area (TPSA) is 102 Å². The van der Waals surface area contributed by atoms with Crippen LogP contribution in [-0.4, -0.2) is 26.4 Å². The van der Waals surface area contributed by atoms with Crippen molar-refractivity contribution in [1.82, 2.24) is 0 Å². The molecule has 0 aliphatic rings. The van der Waals surface area contributed by atoms with E-state index in [1.165, 1.54) is 31.2 Å². The van der Waals surface area contributed by atoms with Gasteiger partial charge in [-0.3, -0.25) is 9.52 Å². The number of nitrogens with one attached hydrogen (secondary N) is 2. The summed E-state index contributed by atoms with van der Waals surface area (Å²) in [5.41, 5.74) is 0.568. The number of carbonyl (C=O) groups is 2. The molecule has 1 amide bonds. The number of para-hydroxylation sites is 2. The molecular weight excluding hydrogens is 448 g/mol. The second-order valence-corrected chi connectivity index (χ2v) is 9.74. The fourth-order valence-electron chi connectivity index (χ4n) is 2.43. The molecule has 1 atom stereocenters. The highest BCUT2D eigenvalue weighted by Crippen LogP contribution is 2.28. The third-order valence-electron chi connectivity index (χ3n) is 3.90. The van der Waals surface area contributed by atoms with Crippen LogP contribution in [0.25, 0.3) is 0 Å². The van der Waals surface area contributed by atoms with Crippen LogP contribution in [0.2, 0.25) is 4.34 Å². The van der Waals surface area contributed by atoms with E-state index in [9.17, 15) is 18.0 Å². The number of hydrogen-bond donors (Lipinski definition) is 2. The fraction of sp³-hybridized carbons (Fsp3) is 0.100. The number of anilines is 2. The first-order valence-corrected chi connectivity index (χ1v) is 11.4. The number of carbonyl (C=O) groups excluding carboxylic acids is 2. The number of hydrogen-bond acceptors (Lipinski definition) is 6. The van der Waals surface area contributed by atoms with Crippen molar-refractivity contribution in [3.63, 3.8) is 0 Å². The Balaban J connectivity index is 1.73. The monoisotopic (exact) mass is 464 g/mol. The van der Waals surface area contributed by atoms with Gasteiger partial charge in [0, 0.05) is 5.69 Å². The molecule has 0 radical (unpaired) electrons. The average Bonchev–Trinajstić information content (AvgIpc) is 3.16. The van der Waals surface area contributed by atoms with Crippen LogP contribution in [0.3, 0.4) is 0 Å². The van der Waals surface area contributed by atoms with Gasteiger partial charge in [-0.2, -0.15) is 0 Å². The van der Waals surface area contributed by atoms with E-state index in [2.05, 4.69) is 10.0 Å². The zero-order valence-corrected chi connectivity index (χ0v) is 18.1. The van der Waals surface area contributed by atoms with Gasteiger partial charge in [0.15, 0.2) is 6.10 Å². The summed E-state index contributed by atoms with van der Waals surface area (Å²) in [7, 11) is -3.94. The predicted octanol–water partition coefficient (Wildman–Crippen LogP) is 4.39. The van der Waals surface area contributed by atoms with E-state index in [1.807, 2.05) is 0 Å². The van der Waals surface area contributed by atoms with Gasteiger partial charge in [0.1, 0.15) is 4.21 Å². The molecule has 0 saturated heterocycles. The smallest absolute Gasteiger partial charge is 0.341 e. The first-order chi connectivity index (χ1) is 14.3. The van der Waals surface area contributed by atoms with Crippen LogP contribution in [0.1, 0.15) is 17.3 Å². The molecule has 10 heteroatoms. The van der Waals surface area contributed by atoms with E-state index < -0.39 is 28.0 Å². The van der Waals surface area contributed by atoms with Gasteiger partial charge < -0.3 is 10.1 Å². The Labute approximate surface area is 182 Å². The Morgan fingerprint density at radius 1 is 1.00 bits per heavy atom. The molecule has 0 unspecified atom stereocenters. The van der Waals surface area contributed by atoms with Crippen molar-refractivity contribution in [2.45, 2.75) is 17.2 Å². The van der Waals surface area contributed by atoms with Crippen molar-refractivity contribution in [2.24, 2.45) is 0 Å². The van der Waals surface area contributed by atoms with E-state index >= 15 is 0 Å². The van der Waals surface area contributed by atoms with Gasteiger partial charge in [-0.15, -0.1) is 11.3 Å². The summed E-state index contributed by atoms with van der Waals surface area (Å²) < 4.78 is 33.0. The average molecular weight is 465 g/mol. The molecule has 0 spiro atoms. The maximum Gasteiger partial charge on any atom is 0.341 e. The van der Waals surface area contributed by atoms with Crippen LogP contribution in [0.4, 0.5) is 11.4 Å². The highest BCUT2D eigenvalue weighted by molar-refractivity contribution is 7.94. The van der Waals surface area contributed by atoms with Crippen molar-refractivity contribution >= 4 is 56.2 Å². The maximum atomic E-state index is 12.6. The molecule has 3 rings (SSSR count). The molecule has 7 nitrogen and oxygen atoms in total. The van der Waals surface area contributed by atoms with Crippen molar-refractivity contribution in [3.8, 4) is 0 Å². The normalized spacial score (nSPS) is 12.1. The molecule has 2 aromatic carbocycles. The van der Waals surface area contributed by atoms with Crippen LogP contribution >= 0.6 is 22.9 Å². The number of ether oxygens (including phenoxy) is 1. The molecule has 2 N–H and O–H groups in total. The van der Waals surface area contributed by atoms with Gasteiger partial charge in [-0.05, 0) is 43.3 Å². The Hall–Kier alpha value is -2.88. The first-order valence-electron chi connectivity index (χ1n) is 8.70. The van der Waals surface area contributed by atoms with E-state index in [4.69, 9.17) is 16.3 Å². The van der Waals surface area contributed by atoms with Crippen LogP contribution < -0.4 is 10.0 Å². The molecule has 0 saturated carbocycles. The van der Waals surface area contributed by atoms with Gasteiger partial charge >= 0.3 is 5.97 Å². The number of rotatable bonds is 7. The minimum Gasteiger partial charge on any atom is -0.449 e. The number of esters is 1. The molecule has 1 heterocycles. The zero-order chi connectivity index (χ0) is 21.7. The summed E-state index contributed by atoms with van der Waals surface area (Å²) in [6, 6.07) is 17.5. The van der Waals surface area contributed by atoms with E-state index in [1.54, 1.807) is 42.5 Å². The standard InChI is InChI=1S/C20H17ClN2O5S2/c1-13(19(24)22-14-7-3-2-4-8-14)28-20(25)15-9-5-6-10-16(15)23-30(26,27)18-12-11-17(21)29-18/h2-13,23H,1H3,(H,22,24)/t13-/m1/s1. The molecule has 1 aromatic heterocycles. The largest absolute Gasteiger partial charge is 0.449 e. The number of benzene rings is 2. The van der Waals surface area contributed by atoms with Crippen LogP contribution in [0, 0.1) is 0 Å². The number of halogens is 1. The summed E-state index contributed by atoms with van der Waals surface area (Å²) >= 11 is 6.70. The van der Waals surface area contributed by atoms with E-state index in [-0.39, 0.29) is 15.5 Å². The van der Waals surface area contributed by atoms with E-state index in [0.29, 0.717) is 10.0 Å². The minimum absolute atomic E-state index is 0.00581. The number of amides is 1. The lowest BCUT2D eigenvalue weighted by Crippen LogP contribution is -2.30. The Bertz CT molecular complexity index is 1160. The summed E-state index contributed by atoms with van der Waals surface area (Å²) in [6.45, 7) is 1.43. The highest BCUT2D eigenvalue weighted by atomic mass is 35.5. The summed E-state index contributed by atoms with van der Waals surface area (Å²) in [5.74, 6) is -1.35. The number of sulfonamides is 1. The third-order valence-corrected chi connectivity index (χ3v) is 6.99. The molecule has 156 valence electrons. The van der Waals surface area contributed by atoms with Crippen molar-refractivity contribution < 1.29 is 22.7 Å². The molecule has 30 heavy (non-hydrogen) atoms. The van der Waals surface area contributed by atoms with Gasteiger partial charge in [-0.1, -0.05) is 41.9 Å². The second kappa shape index (κ2) is 9.29. The SMILES string of the molecule is C[C@@H](OC(=O)c1ccccc1NS(=O)(=O)c1ccc(Cl)s1)C(=O)Nc1ccccc1. The van der Waals surface area contributed by atoms with Crippen molar-refractivity contribution in [1.29, 1.82) is 0 Å². The Morgan fingerprint density at radius 2 is 1.67 bits per heavy atom. The lowest BCUT2D eigenvalue weighted by Gasteiger charge is -2.15. The maximum absolute atomic E-state index is 12.6. The molecule has 0 aliphatic heterocycles. The Kier molecular flexibility index (Phi) is 6.76. The molecule has 0 bridgehead atoms. The fourth-order valence-corrected chi connectivity index (χ4v) is 4.99. The van der Waals surface area contributed by atoms with Crippen LogP contribution in [0.5, 0.6) is 0 Å². The van der Waals surface area contributed by atoms with Crippen LogP contribution in [0.15, 0.2) is 70.9 Å². The highest BCUT2D eigenvalue weighted by Gasteiger charge is 2.24. The summed E-state index contributed by atoms with van der Waals surface area (Å²) in [6.07, 6.45) is -1.10. The second-order valence-electron chi connectivity index (χ2n) is 6.11. The van der Waals surface area contributed by atoms with Gasteiger partial charge in [0.25, 0.3) is 15.9 Å². The quantitative estimate of drug-likeness (QED) is 0.505. The van der Waals surface area contributed by atoms with Gasteiger partial charge in [0.05, 0.1) is 15.6 Å². The molecular formula is C20H17ClN2O5S2. The van der Waals surface area contributed by atoms with Crippen molar-refractivity contribution in [2.75, 3.05) is 10.0 Å². The molecule has 3 aromatic rings. The van der Waals surface area contributed by atoms with Crippen molar-refractivity contribution in [3.05, 3.63) is 76.6 Å². The zero-order valence-electron chi connectivity index (χ0n) is 15.7. The molecule has 0 fully saturated rings. The Morgan fingerprint density at radius 3 is 2.33 bits per heavy atom. The third kappa shape index (κ3) is 5.38. The van der Waals surface area contributed by atoms with E-state index in [0.717, 1.165) is 11.3 Å². The van der Waals surface area contributed by atoms with Gasteiger partial charge in [0.2, 0.25) is 0 Å². The lowest BCUT2D eigenvalue weighted by atomic mass is 10.2. The lowest BCUT2D eigenvalue weighted by molar-refractivity contribution is -0.123.